The molecular weight excluding hydrogens is 196 g/mol. The molecule has 0 spiro atoms. The molecule has 0 unspecified atom stereocenters. The first-order valence-corrected chi connectivity index (χ1v) is 6.36. The maximum atomic E-state index is 11.2. The Morgan fingerprint density at radius 3 is 2.69 bits per heavy atom. The zero-order valence-corrected chi connectivity index (χ0v) is 11.1. The van der Waals surface area contributed by atoms with Gasteiger partial charge in [0.05, 0.1) is 0 Å². The lowest BCUT2D eigenvalue weighted by atomic mass is 9.72. The summed E-state index contributed by atoms with van der Waals surface area (Å²) >= 11 is 0. The number of hydrogen-bond acceptors (Lipinski definition) is 1. The predicted molar refractivity (Wildman–Crippen MR) is 69.4 cm³/mol. The molecule has 0 saturated heterocycles. The van der Waals surface area contributed by atoms with Crippen LogP contribution in [0.3, 0.4) is 0 Å². The van der Waals surface area contributed by atoms with Crippen molar-refractivity contribution in [2.75, 3.05) is 0 Å². The molecule has 0 amide bonds. The van der Waals surface area contributed by atoms with E-state index in [9.17, 15) is 4.79 Å². The summed E-state index contributed by atoms with van der Waals surface area (Å²) < 4.78 is 0. The van der Waals surface area contributed by atoms with Crippen molar-refractivity contribution >= 4 is 5.78 Å². The second-order valence-corrected chi connectivity index (χ2v) is 5.43. The van der Waals surface area contributed by atoms with Gasteiger partial charge in [-0.2, -0.15) is 0 Å². The molecule has 0 bridgehead atoms. The lowest BCUT2D eigenvalue weighted by Crippen LogP contribution is -2.19. The largest absolute Gasteiger partial charge is 0.299 e. The summed E-state index contributed by atoms with van der Waals surface area (Å²) in [5.74, 6) is 0.322. The van der Waals surface area contributed by atoms with Crippen LogP contribution in [0.2, 0.25) is 0 Å². The second kappa shape index (κ2) is 5.47. The van der Waals surface area contributed by atoms with Gasteiger partial charge in [-0.05, 0) is 37.2 Å². The molecule has 0 aromatic heterocycles. The molecule has 1 heteroatoms. The van der Waals surface area contributed by atoms with Crippen molar-refractivity contribution in [2.45, 2.75) is 59.8 Å². The van der Waals surface area contributed by atoms with E-state index in [1.165, 1.54) is 30.4 Å². The van der Waals surface area contributed by atoms with E-state index in [1.807, 2.05) is 13.0 Å². The maximum absolute atomic E-state index is 11.2. The molecule has 0 fully saturated rings. The van der Waals surface area contributed by atoms with Crippen LogP contribution in [0.25, 0.3) is 0 Å². The average molecular weight is 220 g/mol. The van der Waals surface area contributed by atoms with Gasteiger partial charge >= 0.3 is 0 Å². The van der Waals surface area contributed by atoms with E-state index in [1.54, 1.807) is 0 Å². The molecule has 1 aliphatic carbocycles. The van der Waals surface area contributed by atoms with Crippen molar-refractivity contribution in [2.24, 2.45) is 5.41 Å². The third-order valence-electron chi connectivity index (χ3n) is 3.57. The first-order valence-electron chi connectivity index (χ1n) is 6.36. The summed E-state index contributed by atoms with van der Waals surface area (Å²) in [5.41, 5.74) is 3.23. The van der Waals surface area contributed by atoms with Crippen molar-refractivity contribution in [1.29, 1.82) is 0 Å². The molecular formula is C15H24O. The lowest BCUT2D eigenvalue weighted by Gasteiger charge is -2.32. The smallest absolute Gasteiger partial charge is 0.136 e. The number of carbonyl (C=O) groups excluding carboxylic acids is 1. The molecule has 0 aromatic carbocycles. The van der Waals surface area contributed by atoms with Crippen molar-refractivity contribution < 1.29 is 4.79 Å². The predicted octanol–water partition coefficient (Wildman–Crippen LogP) is 4.44. The van der Waals surface area contributed by atoms with Crippen LogP contribution in [0, 0.1) is 5.41 Å². The van der Waals surface area contributed by atoms with Gasteiger partial charge in [0.15, 0.2) is 0 Å². The highest BCUT2D eigenvalue weighted by atomic mass is 16.1. The van der Waals surface area contributed by atoms with Gasteiger partial charge in [0.25, 0.3) is 0 Å². The molecule has 16 heavy (non-hydrogen) atoms. The first-order chi connectivity index (χ1) is 7.47. The molecule has 0 aromatic rings. The minimum atomic E-state index is 0.286. The van der Waals surface area contributed by atoms with E-state index in [0.717, 1.165) is 0 Å². The molecule has 1 nitrogen and oxygen atoms in total. The topological polar surface area (TPSA) is 17.1 Å². The third-order valence-corrected chi connectivity index (χ3v) is 3.57. The Morgan fingerprint density at radius 1 is 1.44 bits per heavy atom. The van der Waals surface area contributed by atoms with Gasteiger partial charge in [-0.1, -0.05) is 38.5 Å². The summed E-state index contributed by atoms with van der Waals surface area (Å²) in [6, 6.07) is 0. The molecule has 1 aliphatic rings. The van der Waals surface area contributed by atoms with Gasteiger partial charge in [0, 0.05) is 12.8 Å². The van der Waals surface area contributed by atoms with Crippen molar-refractivity contribution in [3.8, 4) is 0 Å². The van der Waals surface area contributed by atoms with E-state index < -0.39 is 0 Å². The average Bonchev–Trinajstić information content (AvgIpc) is 2.21. The van der Waals surface area contributed by atoms with Crippen LogP contribution in [0.4, 0.5) is 0 Å². The highest BCUT2D eigenvalue weighted by Gasteiger charge is 2.26. The molecule has 0 N–H and O–H groups in total. The Hall–Kier alpha value is -0.850. The Balaban J connectivity index is 2.73. The van der Waals surface area contributed by atoms with Gasteiger partial charge in [-0.15, -0.1) is 0 Å². The summed E-state index contributed by atoms with van der Waals surface area (Å²) in [6.45, 7) is 8.75. The van der Waals surface area contributed by atoms with E-state index in [4.69, 9.17) is 0 Å². The van der Waals surface area contributed by atoms with Crippen LogP contribution in [0.1, 0.15) is 59.8 Å². The molecule has 0 heterocycles. The number of allylic oxidation sites excluding steroid dienone is 4. The third kappa shape index (κ3) is 3.33. The monoisotopic (exact) mass is 220 g/mol. The standard InChI is InChI=1S/C15H24O/c1-5-13(16)9-6-10-14-12(2)8-7-11-15(14,3)4/h6,10H,5,7-9,11H2,1-4H3. The maximum Gasteiger partial charge on any atom is 0.136 e. The lowest BCUT2D eigenvalue weighted by molar-refractivity contribution is -0.117. The van der Waals surface area contributed by atoms with Gasteiger partial charge in [-0.25, -0.2) is 0 Å². The SMILES string of the molecule is CCC(=O)CC=CC1=C(C)CCCC1(C)C. The Bertz CT molecular complexity index is 318. The second-order valence-electron chi connectivity index (χ2n) is 5.43. The molecule has 0 saturated carbocycles. The minimum absolute atomic E-state index is 0.286. The number of carbonyl (C=O) groups is 1. The molecule has 0 atom stereocenters. The van der Waals surface area contributed by atoms with Gasteiger partial charge in [-0.3, -0.25) is 4.79 Å². The van der Waals surface area contributed by atoms with Crippen LogP contribution in [-0.2, 0) is 4.79 Å². The Kier molecular flexibility index (Phi) is 4.52. The number of rotatable bonds is 4. The van der Waals surface area contributed by atoms with E-state index in [2.05, 4.69) is 26.8 Å². The fraction of sp³-hybridized carbons (Fsp3) is 0.667. The zero-order chi connectivity index (χ0) is 12.2. The fourth-order valence-corrected chi connectivity index (χ4v) is 2.46. The molecule has 90 valence electrons. The number of ketones is 1. The molecule has 0 aliphatic heterocycles. The Morgan fingerprint density at radius 2 is 2.12 bits per heavy atom. The van der Waals surface area contributed by atoms with Crippen LogP contribution in [0.5, 0.6) is 0 Å². The van der Waals surface area contributed by atoms with Gasteiger partial charge in [0.2, 0.25) is 0 Å². The first kappa shape index (κ1) is 13.2. The van der Waals surface area contributed by atoms with Crippen LogP contribution in [0.15, 0.2) is 23.3 Å². The number of hydrogen-bond donors (Lipinski definition) is 0. The number of Topliss-reactive ketones (excluding diaryl/α,β-unsaturated/α-hetero) is 1. The van der Waals surface area contributed by atoms with Gasteiger partial charge in [0.1, 0.15) is 5.78 Å². The van der Waals surface area contributed by atoms with Crippen LogP contribution < -0.4 is 0 Å². The fourth-order valence-electron chi connectivity index (χ4n) is 2.46. The summed E-state index contributed by atoms with van der Waals surface area (Å²) in [4.78, 5) is 11.2. The van der Waals surface area contributed by atoms with E-state index in [-0.39, 0.29) is 5.41 Å². The summed E-state index contributed by atoms with van der Waals surface area (Å²) in [7, 11) is 0. The van der Waals surface area contributed by atoms with E-state index in [0.29, 0.717) is 18.6 Å². The quantitative estimate of drug-likeness (QED) is 0.684. The zero-order valence-electron chi connectivity index (χ0n) is 11.1. The van der Waals surface area contributed by atoms with Crippen molar-refractivity contribution in [1.82, 2.24) is 0 Å². The molecule has 1 rings (SSSR count). The highest BCUT2D eigenvalue weighted by molar-refractivity contribution is 5.79. The van der Waals surface area contributed by atoms with Crippen LogP contribution >= 0.6 is 0 Å². The van der Waals surface area contributed by atoms with Crippen LogP contribution in [-0.4, -0.2) is 5.78 Å². The van der Waals surface area contributed by atoms with Crippen molar-refractivity contribution in [3.63, 3.8) is 0 Å². The molecule has 0 radical (unpaired) electrons. The van der Waals surface area contributed by atoms with E-state index >= 15 is 0 Å². The highest BCUT2D eigenvalue weighted by Crippen LogP contribution is 2.40. The van der Waals surface area contributed by atoms with Crippen molar-refractivity contribution in [3.05, 3.63) is 23.3 Å². The minimum Gasteiger partial charge on any atom is -0.299 e. The van der Waals surface area contributed by atoms with Gasteiger partial charge < -0.3 is 0 Å². The summed E-state index contributed by atoms with van der Waals surface area (Å²) in [5, 5.41) is 0. The Labute approximate surface area is 99.6 Å². The normalized spacial score (nSPS) is 20.5. The summed E-state index contributed by atoms with van der Waals surface area (Å²) in [6.07, 6.45) is 9.22.